The monoisotopic (exact) mass is 354 g/mol. The summed E-state index contributed by atoms with van der Waals surface area (Å²) in [5.41, 5.74) is -0.262. The smallest absolute Gasteiger partial charge is 0.328 e. The van der Waals surface area contributed by atoms with E-state index in [1.807, 2.05) is 0 Å². The molecule has 0 aliphatic heterocycles. The number of carbonyl (C=O) groups excluding carboxylic acids is 1. The molecule has 0 aliphatic carbocycles. The minimum atomic E-state index is -1.26. The summed E-state index contributed by atoms with van der Waals surface area (Å²) in [5.74, 6) is -3.72. The Labute approximate surface area is 142 Å². The van der Waals surface area contributed by atoms with E-state index < -0.39 is 28.8 Å². The van der Waals surface area contributed by atoms with Crippen LogP contribution in [0.25, 0.3) is 0 Å². The maximum atomic E-state index is 11.0. The van der Waals surface area contributed by atoms with E-state index in [9.17, 15) is 24.5 Å². The summed E-state index contributed by atoms with van der Waals surface area (Å²) < 4.78 is 0. The molecule has 1 amide bonds. The van der Waals surface area contributed by atoms with E-state index in [1.165, 1.54) is 24.3 Å². The lowest BCUT2D eigenvalue weighted by atomic mass is 10.1. The van der Waals surface area contributed by atoms with Crippen molar-refractivity contribution in [2.24, 2.45) is 5.92 Å². The van der Waals surface area contributed by atoms with Crippen LogP contribution in [0.4, 0.5) is 5.69 Å². The number of phenols is 1. The van der Waals surface area contributed by atoms with Crippen molar-refractivity contribution in [3.05, 3.63) is 46.5 Å². The number of carboxylic acids is 2. The third kappa shape index (κ3) is 8.69. The molecule has 1 aromatic carbocycles. The molecular formula is C15H18N2O8. The Morgan fingerprint density at radius 3 is 2.08 bits per heavy atom. The minimum Gasteiger partial charge on any atom is -0.502 e. The topological polar surface area (TPSA) is 167 Å². The number of carbonyl (C=O) groups is 3. The van der Waals surface area contributed by atoms with Crippen molar-refractivity contribution in [3.63, 3.8) is 0 Å². The van der Waals surface area contributed by atoms with E-state index in [-0.39, 0.29) is 17.4 Å². The van der Waals surface area contributed by atoms with Crippen LogP contribution in [0, 0.1) is 16.0 Å². The van der Waals surface area contributed by atoms with Gasteiger partial charge in [0.1, 0.15) is 6.04 Å². The van der Waals surface area contributed by atoms with Crippen molar-refractivity contribution in [1.82, 2.24) is 5.32 Å². The largest absolute Gasteiger partial charge is 0.502 e. The molecule has 0 aliphatic rings. The van der Waals surface area contributed by atoms with Crippen LogP contribution in [-0.4, -0.2) is 44.1 Å². The van der Waals surface area contributed by atoms with Crippen molar-refractivity contribution >= 4 is 23.5 Å². The molecule has 1 atom stereocenters. The zero-order valence-electron chi connectivity index (χ0n) is 13.4. The van der Waals surface area contributed by atoms with Gasteiger partial charge in [0.2, 0.25) is 5.91 Å². The second-order valence-corrected chi connectivity index (χ2v) is 4.99. The van der Waals surface area contributed by atoms with Crippen molar-refractivity contribution in [1.29, 1.82) is 0 Å². The highest BCUT2D eigenvalue weighted by atomic mass is 16.6. The number of phenolic OH excluding ortho intramolecular Hbond substituents is 1. The lowest BCUT2D eigenvalue weighted by molar-refractivity contribution is -0.385. The lowest BCUT2D eigenvalue weighted by Gasteiger charge is -2.16. The number of aromatic hydroxyl groups is 1. The van der Waals surface area contributed by atoms with Gasteiger partial charge in [-0.25, -0.2) is 9.59 Å². The van der Waals surface area contributed by atoms with E-state index >= 15 is 0 Å². The van der Waals surface area contributed by atoms with Crippen LogP contribution in [0.5, 0.6) is 5.75 Å². The Morgan fingerprint density at radius 1 is 1.16 bits per heavy atom. The van der Waals surface area contributed by atoms with Gasteiger partial charge in [-0.1, -0.05) is 26.0 Å². The van der Waals surface area contributed by atoms with Gasteiger partial charge in [-0.2, -0.15) is 0 Å². The highest BCUT2D eigenvalue weighted by molar-refractivity contribution is 5.95. The number of para-hydroxylation sites is 2. The maximum Gasteiger partial charge on any atom is 0.328 e. The second-order valence-electron chi connectivity index (χ2n) is 4.99. The number of nitrogens with one attached hydrogen (secondary N) is 1. The first-order valence-corrected chi connectivity index (χ1v) is 6.93. The summed E-state index contributed by atoms with van der Waals surface area (Å²) in [7, 11) is 0. The van der Waals surface area contributed by atoms with E-state index in [4.69, 9.17) is 15.3 Å². The van der Waals surface area contributed by atoms with Crippen LogP contribution in [0.1, 0.15) is 13.8 Å². The summed E-state index contributed by atoms with van der Waals surface area (Å²) in [6, 6.07) is 4.53. The van der Waals surface area contributed by atoms with Crippen LogP contribution >= 0.6 is 0 Å². The Balaban J connectivity index is 0.000000496. The molecule has 136 valence electrons. The van der Waals surface area contributed by atoms with Crippen LogP contribution in [0.2, 0.25) is 0 Å². The summed E-state index contributed by atoms with van der Waals surface area (Å²) in [5, 5.41) is 38.0. The fourth-order valence-electron chi connectivity index (χ4n) is 1.48. The summed E-state index contributed by atoms with van der Waals surface area (Å²) in [6.45, 7) is 3.28. The molecule has 10 nitrogen and oxygen atoms in total. The van der Waals surface area contributed by atoms with Gasteiger partial charge in [0, 0.05) is 18.2 Å². The minimum absolute atomic E-state index is 0.262. The van der Waals surface area contributed by atoms with Gasteiger partial charge in [0.15, 0.2) is 5.75 Å². The van der Waals surface area contributed by atoms with E-state index in [0.717, 1.165) is 6.08 Å². The number of amides is 1. The van der Waals surface area contributed by atoms with E-state index in [0.29, 0.717) is 6.08 Å². The Morgan fingerprint density at radius 2 is 1.72 bits per heavy atom. The molecule has 0 unspecified atom stereocenters. The number of rotatable bonds is 6. The third-order valence-corrected chi connectivity index (χ3v) is 2.69. The van der Waals surface area contributed by atoms with Gasteiger partial charge in [0.05, 0.1) is 4.92 Å². The number of carboxylic acid groups (broad SMARTS) is 2. The summed E-state index contributed by atoms with van der Waals surface area (Å²) in [4.78, 5) is 41.2. The lowest BCUT2D eigenvalue weighted by Crippen LogP contribution is -2.43. The molecule has 0 saturated heterocycles. The van der Waals surface area contributed by atoms with Gasteiger partial charge in [0.25, 0.3) is 0 Å². The normalized spacial score (nSPS) is 11.3. The molecule has 4 N–H and O–H groups in total. The summed E-state index contributed by atoms with van der Waals surface area (Å²) >= 11 is 0. The molecule has 0 heterocycles. The van der Waals surface area contributed by atoms with Crippen molar-refractivity contribution in [3.8, 4) is 5.75 Å². The van der Waals surface area contributed by atoms with Crippen LogP contribution in [0.15, 0.2) is 36.4 Å². The summed E-state index contributed by atoms with van der Waals surface area (Å²) in [6.07, 6.45) is 1.43. The first-order valence-electron chi connectivity index (χ1n) is 6.93. The number of benzene rings is 1. The van der Waals surface area contributed by atoms with Gasteiger partial charge in [-0.05, 0) is 12.0 Å². The number of hydrogen-bond donors (Lipinski definition) is 4. The van der Waals surface area contributed by atoms with Gasteiger partial charge >= 0.3 is 17.6 Å². The van der Waals surface area contributed by atoms with Crippen LogP contribution in [-0.2, 0) is 14.4 Å². The Kier molecular flexibility index (Phi) is 8.94. The molecule has 0 spiro atoms. The van der Waals surface area contributed by atoms with E-state index in [2.05, 4.69) is 5.32 Å². The quantitative estimate of drug-likeness (QED) is 0.335. The molecular weight excluding hydrogens is 336 g/mol. The first-order chi connectivity index (χ1) is 11.6. The van der Waals surface area contributed by atoms with E-state index in [1.54, 1.807) is 13.8 Å². The zero-order chi connectivity index (χ0) is 19.6. The molecule has 0 fully saturated rings. The van der Waals surface area contributed by atoms with Crippen LogP contribution < -0.4 is 5.32 Å². The van der Waals surface area contributed by atoms with Gasteiger partial charge < -0.3 is 20.6 Å². The molecule has 0 saturated carbocycles. The SMILES string of the molecule is CC(C)[C@@H](NC(=O)/C=C\C(=O)O)C(=O)O.O=[N+]([O-])c1ccccc1O. The fraction of sp³-hybridized carbons (Fsp3) is 0.267. The second kappa shape index (κ2) is 10.4. The average Bonchev–Trinajstić information content (AvgIpc) is 2.50. The number of nitrogens with zero attached hydrogens (tertiary/aromatic N) is 1. The number of hydrogen-bond acceptors (Lipinski definition) is 6. The highest BCUT2D eigenvalue weighted by Gasteiger charge is 2.22. The number of nitro groups is 1. The third-order valence-electron chi connectivity index (χ3n) is 2.69. The maximum absolute atomic E-state index is 11.0. The Bertz CT molecular complexity index is 669. The molecule has 0 radical (unpaired) electrons. The fourth-order valence-corrected chi connectivity index (χ4v) is 1.48. The molecule has 25 heavy (non-hydrogen) atoms. The van der Waals surface area contributed by atoms with Gasteiger partial charge in [-0.15, -0.1) is 0 Å². The van der Waals surface area contributed by atoms with Crippen molar-refractivity contribution < 1.29 is 34.6 Å². The van der Waals surface area contributed by atoms with Gasteiger partial charge in [-0.3, -0.25) is 14.9 Å². The predicted molar refractivity (Wildman–Crippen MR) is 85.9 cm³/mol. The first kappa shape index (κ1) is 21.6. The highest BCUT2D eigenvalue weighted by Crippen LogP contribution is 2.23. The van der Waals surface area contributed by atoms with Crippen molar-refractivity contribution in [2.75, 3.05) is 0 Å². The molecule has 1 rings (SSSR count). The Hall–Kier alpha value is -3.43. The molecule has 0 aromatic heterocycles. The number of aliphatic carboxylic acids is 2. The predicted octanol–water partition coefficient (Wildman–Crippen LogP) is 1.15. The average molecular weight is 354 g/mol. The standard InChI is InChI=1S/C9H13NO5.C6H5NO3/c1-5(2)8(9(14)15)10-6(11)3-4-7(12)13;8-6-4-2-1-3-5(6)7(9)10/h3-5,8H,1-2H3,(H,10,11)(H,12,13)(H,14,15);1-4,8H/b4-3-;/t8-;/m1./s1. The molecule has 0 bridgehead atoms. The molecule has 1 aromatic rings. The van der Waals surface area contributed by atoms with Crippen molar-refractivity contribution in [2.45, 2.75) is 19.9 Å². The number of nitro benzene ring substituents is 1. The van der Waals surface area contributed by atoms with Crippen LogP contribution in [0.3, 0.4) is 0 Å². The molecule has 10 heteroatoms. The zero-order valence-corrected chi connectivity index (χ0v) is 13.4.